The fraction of sp³-hybridized carbons (Fsp3) is 0.100. The molecule has 0 aliphatic heterocycles. The van der Waals surface area contributed by atoms with Gasteiger partial charge in [0.1, 0.15) is 11.4 Å². The number of hydrogen-bond donors (Lipinski definition) is 3. The number of rotatable bonds is 1. The van der Waals surface area contributed by atoms with Crippen LogP contribution in [0.2, 0.25) is 0 Å². The van der Waals surface area contributed by atoms with E-state index in [1.54, 1.807) is 31.3 Å². The number of amides is 1. The number of nitrogens with one attached hydrogen (secondary N) is 2. The van der Waals surface area contributed by atoms with Gasteiger partial charge in [-0.2, -0.15) is 0 Å². The molecule has 0 bridgehead atoms. The average Bonchev–Trinajstić information content (AvgIpc) is 2.59. The molecule has 0 unspecified atom stereocenters. The fourth-order valence-electron chi connectivity index (χ4n) is 1.38. The van der Waals surface area contributed by atoms with Crippen LogP contribution in [0.4, 0.5) is 0 Å². The van der Waals surface area contributed by atoms with E-state index < -0.39 is 0 Å². The molecular formula is C10H10N2O2. The van der Waals surface area contributed by atoms with Crippen LogP contribution in [0.5, 0.6) is 5.75 Å². The Hall–Kier alpha value is -1.97. The molecule has 72 valence electrons. The molecule has 0 aliphatic rings. The molecule has 0 atom stereocenters. The molecule has 0 fully saturated rings. The van der Waals surface area contributed by atoms with Crippen LogP contribution in [-0.4, -0.2) is 23.0 Å². The van der Waals surface area contributed by atoms with Gasteiger partial charge < -0.3 is 15.4 Å². The number of aromatic nitrogens is 1. The SMILES string of the molecule is CNC(=O)c1cc2cc(O)ccc2[nH]1. The Balaban J connectivity index is 2.56. The molecule has 1 aromatic heterocycles. The Morgan fingerprint density at radius 1 is 1.43 bits per heavy atom. The summed E-state index contributed by atoms with van der Waals surface area (Å²) >= 11 is 0. The minimum atomic E-state index is -0.166. The number of phenolic OH excluding ortho intramolecular Hbond substituents is 1. The van der Waals surface area contributed by atoms with Crippen LogP contribution in [0.25, 0.3) is 10.9 Å². The van der Waals surface area contributed by atoms with Crippen LogP contribution in [0.3, 0.4) is 0 Å². The summed E-state index contributed by atoms with van der Waals surface area (Å²) in [6, 6.07) is 6.62. The van der Waals surface area contributed by atoms with E-state index >= 15 is 0 Å². The van der Waals surface area contributed by atoms with Gasteiger partial charge in [-0.3, -0.25) is 4.79 Å². The Labute approximate surface area is 80.6 Å². The van der Waals surface area contributed by atoms with Crippen molar-refractivity contribution in [3.8, 4) is 5.75 Å². The number of H-pyrrole nitrogens is 1. The zero-order chi connectivity index (χ0) is 10.1. The summed E-state index contributed by atoms with van der Waals surface area (Å²) < 4.78 is 0. The van der Waals surface area contributed by atoms with E-state index in [9.17, 15) is 9.90 Å². The zero-order valence-corrected chi connectivity index (χ0v) is 7.66. The van der Waals surface area contributed by atoms with Crippen LogP contribution in [0.15, 0.2) is 24.3 Å². The van der Waals surface area contributed by atoms with Crippen molar-refractivity contribution < 1.29 is 9.90 Å². The lowest BCUT2D eigenvalue weighted by molar-refractivity contribution is 0.0959. The molecule has 2 rings (SSSR count). The molecule has 4 nitrogen and oxygen atoms in total. The van der Waals surface area contributed by atoms with Crippen LogP contribution in [-0.2, 0) is 0 Å². The standard InChI is InChI=1S/C10H10N2O2/c1-11-10(14)9-5-6-4-7(13)2-3-8(6)12-9/h2-5,12-13H,1H3,(H,11,14). The highest BCUT2D eigenvalue weighted by Crippen LogP contribution is 2.20. The second-order valence-electron chi connectivity index (χ2n) is 3.03. The van der Waals surface area contributed by atoms with E-state index in [0.29, 0.717) is 5.69 Å². The summed E-state index contributed by atoms with van der Waals surface area (Å²) in [5, 5.41) is 12.6. The number of hydrogen-bond acceptors (Lipinski definition) is 2. The highest BCUT2D eigenvalue weighted by atomic mass is 16.3. The summed E-state index contributed by atoms with van der Waals surface area (Å²) in [6.07, 6.45) is 0. The van der Waals surface area contributed by atoms with Gasteiger partial charge in [-0.1, -0.05) is 0 Å². The van der Waals surface area contributed by atoms with Crippen LogP contribution >= 0.6 is 0 Å². The lowest BCUT2D eigenvalue weighted by Crippen LogP contribution is -2.17. The van der Waals surface area contributed by atoms with E-state index in [1.165, 1.54) is 0 Å². The second-order valence-corrected chi connectivity index (χ2v) is 3.03. The number of carbonyl (C=O) groups is 1. The van der Waals surface area contributed by atoms with Crippen molar-refractivity contribution in [3.05, 3.63) is 30.0 Å². The second kappa shape index (κ2) is 3.06. The van der Waals surface area contributed by atoms with E-state index in [-0.39, 0.29) is 11.7 Å². The van der Waals surface area contributed by atoms with E-state index in [1.807, 2.05) is 0 Å². The lowest BCUT2D eigenvalue weighted by atomic mass is 10.2. The first kappa shape index (κ1) is 8.62. The summed E-state index contributed by atoms with van der Waals surface area (Å²) in [5.41, 5.74) is 1.33. The maximum Gasteiger partial charge on any atom is 0.267 e. The maximum atomic E-state index is 11.3. The number of aromatic amines is 1. The van der Waals surface area contributed by atoms with Crippen molar-refractivity contribution in [2.45, 2.75) is 0 Å². The number of carbonyl (C=O) groups excluding carboxylic acids is 1. The maximum absolute atomic E-state index is 11.3. The Bertz CT molecular complexity index is 488. The van der Waals surface area contributed by atoms with Gasteiger partial charge in [-0.15, -0.1) is 0 Å². The van der Waals surface area contributed by atoms with Crippen molar-refractivity contribution in [3.63, 3.8) is 0 Å². The first-order chi connectivity index (χ1) is 6.70. The Morgan fingerprint density at radius 2 is 2.21 bits per heavy atom. The number of fused-ring (bicyclic) bond motifs is 1. The normalized spacial score (nSPS) is 10.4. The smallest absolute Gasteiger partial charge is 0.267 e. The predicted molar refractivity (Wildman–Crippen MR) is 53.4 cm³/mol. The van der Waals surface area contributed by atoms with Gasteiger partial charge >= 0.3 is 0 Å². The van der Waals surface area contributed by atoms with Crippen LogP contribution in [0.1, 0.15) is 10.5 Å². The van der Waals surface area contributed by atoms with Gasteiger partial charge in [0.2, 0.25) is 0 Å². The number of phenols is 1. The largest absolute Gasteiger partial charge is 0.508 e. The molecule has 0 aliphatic carbocycles. The predicted octanol–water partition coefficient (Wildman–Crippen LogP) is 1.23. The van der Waals surface area contributed by atoms with Crippen molar-refractivity contribution in [1.29, 1.82) is 0 Å². The molecule has 2 aromatic rings. The molecule has 0 saturated heterocycles. The van der Waals surface area contributed by atoms with Gasteiger partial charge in [0, 0.05) is 18.0 Å². The third-order valence-corrected chi connectivity index (χ3v) is 2.08. The van der Waals surface area contributed by atoms with Gasteiger partial charge in [-0.05, 0) is 24.3 Å². The van der Waals surface area contributed by atoms with Crippen molar-refractivity contribution in [2.75, 3.05) is 7.05 Å². The molecule has 0 radical (unpaired) electrons. The monoisotopic (exact) mass is 190 g/mol. The lowest BCUT2D eigenvalue weighted by Gasteiger charge is -1.92. The zero-order valence-electron chi connectivity index (χ0n) is 7.66. The van der Waals surface area contributed by atoms with Gasteiger partial charge in [0.15, 0.2) is 0 Å². The Kier molecular flexibility index (Phi) is 1.89. The molecule has 1 aromatic carbocycles. The van der Waals surface area contributed by atoms with E-state index in [2.05, 4.69) is 10.3 Å². The summed E-state index contributed by atoms with van der Waals surface area (Å²) in [5.74, 6) is 0.0284. The third-order valence-electron chi connectivity index (χ3n) is 2.08. The third kappa shape index (κ3) is 1.31. The highest BCUT2D eigenvalue weighted by Gasteiger charge is 2.07. The van der Waals surface area contributed by atoms with E-state index in [0.717, 1.165) is 10.9 Å². The molecule has 0 saturated carbocycles. The highest BCUT2D eigenvalue weighted by molar-refractivity contribution is 5.98. The minimum absolute atomic E-state index is 0.166. The van der Waals surface area contributed by atoms with Crippen molar-refractivity contribution >= 4 is 16.8 Å². The van der Waals surface area contributed by atoms with Crippen molar-refractivity contribution in [2.24, 2.45) is 0 Å². The summed E-state index contributed by atoms with van der Waals surface area (Å²) in [7, 11) is 1.57. The van der Waals surface area contributed by atoms with Crippen molar-refractivity contribution in [1.82, 2.24) is 10.3 Å². The van der Waals surface area contributed by atoms with Gasteiger partial charge in [0.25, 0.3) is 5.91 Å². The molecular weight excluding hydrogens is 180 g/mol. The topological polar surface area (TPSA) is 65.1 Å². The van der Waals surface area contributed by atoms with E-state index in [4.69, 9.17) is 0 Å². The first-order valence-corrected chi connectivity index (χ1v) is 4.24. The quantitative estimate of drug-likeness (QED) is 0.633. The molecule has 0 spiro atoms. The number of benzene rings is 1. The summed E-state index contributed by atoms with van der Waals surface area (Å²) in [6.45, 7) is 0. The molecule has 3 N–H and O–H groups in total. The number of aromatic hydroxyl groups is 1. The molecule has 1 heterocycles. The van der Waals surface area contributed by atoms with Crippen LogP contribution in [0, 0.1) is 0 Å². The molecule has 14 heavy (non-hydrogen) atoms. The first-order valence-electron chi connectivity index (χ1n) is 4.24. The van der Waals surface area contributed by atoms with Crippen LogP contribution < -0.4 is 5.32 Å². The average molecular weight is 190 g/mol. The Morgan fingerprint density at radius 3 is 2.93 bits per heavy atom. The fourth-order valence-corrected chi connectivity index (χ4v) is 1.38. The molecule has 4 heteroatoms. The van der Waals surface area contributed by atoms with Gasteiger partial charge in [0.05, 0.1) is 0 Å². The summed E-state index contributed by atoms with van der Waals surface area (Å²) in [4.78, 5) is 14.2. The molecule has 1 amide bonds. The van der Waals surface area contributed by atoms with Gasteiger partial charge in [-0.25, -0.2) is 0 Å². The minimum Gasteiger partial charge on any atom is -0.508 e.